The van der Waals surface area contributed by atoms with Gasteiger partial charge < -0.3 is 10.2 Å². The highest BCUT2D eigenvalue weighted by Crippen LogP contribution is 2.42. The molecular formula is C21H20BrN5O2S. The fraction of sp³-hybridized carbons (Fsp3) is 0.238. The summed E-state index contributed by atoms with van der Waals surface area (Å²) in [5.41, 5.74) is 2.16. The van der Waals surface area contributed by atoms with Crippen LogP contribution < -0.4 is 10.6 Å². The smallest absolute Gasteiger partial charge is 0.325 e. The first kappa shape index (κ1) is 20.5. The number of amides is 3. The molecule has 2 N–H and O–H groups in total. The van der Waals surface area contributed by atoms with Gasteiger partial charge in [0, 0.05) is 34.7 Å². The summed E-state index contributed by atoms with van der Waals surface area (Å²) < 4.78 is 1.02. The summed E-state index contributed by atoms with van der Waals surface area (Å²) in [5.74, 6) is 0.183. The maximum atomic E-state index is 12.0. The number of hydrogen-bond donors (Lipinski definition) is 2. The van der Waals surface area contributed by atoms with Gasteiger partial charge in [0.25, 0.3) is 5.91 Å². The molecule has 0 atom stereocenters. The molecule has 154 valence electrons. The van der Waals surface area contributed by atoms with E-state index in [-0.39, 0.29) is 11.9 Å². The summed E-state index contributed by atoms with van der Waals surface area (Å²) in [4.78, 5) is 35.4. The molecule has 3 amide bonds. The summed E-state index contributed by atoms with van der Waals surface area (Å²) in [6.07, 6.45) is 1.71. The number of nitrogens with zero attached hydrogens (tertiary/aromatic N) is 3. The molecule has 0 unspecified atom stereocenters. The van der Waals surface area contributed by atoms with Crippen LogP contribution >= 0.6 is 27.3 Å². The van der Waals surface area contributed by atoms with Crippen molar-refractivity contribution in [2.45, 2.75) is 19.4 Å². The molecule has 0 spiro atoms. The van der Waals surface area contributed by atoms with Crippen LogP contribution in [-0.4, -0.2) is 45.4 Å². The van der Waals surface area contributed by atoms with Crippen molar-refractivity contribution in [3.05, 3.63) is 52.4 Å². The first-order chi connectivity index (χ1) is 14.4. The predicted octanol–water partition coefficient (Wildman–Crippen LogP) is 4.38. The monoisotopic (exact) mass is 485 g/mol. The zero-order valence-electron chi connectivity index (χ0n) is 16.5. The van der Waals surface area contributed by atoms with Crippen LogP contribution in [0, 0.1) is 0 Å². The van der Waals surface area contributed by atoms with Crippen LogP contribution in [0.15, 0.2) is 52.4 Å². The largest absolute Gasteiger partial charge is 0.352 e. The number of nitrogens with one attached hydrogen (secondary N) is 2. The quantitative estimate of drug-likeness (QED) is 0.505. The van der Waals surface area contributed by atoms with Crippen LogP contribution in [0.2, 0.25) is 0 Å². The molecule has 2 aromatic heterocycles. The van der Waals surface area contributed by atoms with Gasteiger partial charge in [-0.2, -0.15) is 0 Å². The van der Waals surface area contributed by atoms with Crippen molar-refractivity contribution < 1.29 is 9.59 Å². The highest BCUT2D eigenvalue weighted by atomic mass is 79.9. The molecule has 1 aliphatic heterocycles. The van der Waals surface area contributed by atoms with E-state index in [1.807, 2.05) is 24.3 Å². The fourth-order valence-corrected chi connectivity index (χ4v) is 5.08. The molecule has 9 heteroatoms. The average molecular weight is 486 g/mol. The van der Waals surface area contributed by atoms with E-state index in [1.54, 1.807) is 31.4 Å². The van der Waals surface area contributed by atoms with Crippen molar-refractivity contribution >= 4 is 45.2 Å². The lowest BCUT2D eigenvalue weighted by Crippen LogP contribution is -2.46. The van der Waals surface area contributed by atoms with Gasteiger partial charge in [-0.05, 0) is 41.4 Å². The number of rotatable bonds is 6. The molecule has 1 aromatic carbocycles. The summed E-state index contributed by atoms with van der Waals surface area (Å²) >= 11 is 5.26. The van der Waals surface area contributed by atoms with Crippen molar-refractivity contribution in [1.29, 1.82) is 0 Å². The molecule has 0 aliphatic carbocycles. The number of carbonyl (C=O) groups excluding carboxylic acids is 2. The topological polar surface area (TPSA) is 87.2 Å². The lowest BCUT2D eigenvalue weighted by molar-refractivity contribution is -0.125. The van der Waals surface area contributed by atoms with E-state index in [4.69, 9.17) is 0 Å². The van der Waals surface area contributed by atoms with Crippen LogP contribution in [-0.2, 0) is 4.79 Å². The molecule has 7 nitrogen and oxygen atoms in total. The Balaban J connectivity index is 1.51. The SMILES string of the molecule is CC1(C)C(=O)NC(=O)N1CCNc1nccc(-c2scc(Br)c2-c2ccccc2)n1. The zero-order valence-corrected chi connectivity index (χ0v) is 18.9. The summed E-state index contributed by atoms with van der Waals surface area (Å²) in [7, 11) is 0. The number of urea groups is 1. The van der Waals surface area contributed by atoms with E-state index >= 15 is 0 Å². The third kappa shape index (κ3) is 3.82. The maximum Gasteiger partial charge on any atom is 0.325 e. The Morgan fingerprint density at radius 1 is 1.20 bits per heavy atom. The summed E-state index contributed by atoms with van der Waals surface area (Å²) in [6.45, 7) is 4.24. The van der Waals surface area contributed by atoms with Gasteiger partial charge in [0.1, 0.15) is 5.54 Å². The second-order valence-electron chi connectivity index (χ2n) is 7.32. The van der Waals surface area contributed by atoms with Crippen molar-refractivity contribution in [2.75, 3.05) is 18.4 Å². The van der Waals surface area contributed by atoms with Crippen LogP contribution in [0.1, 0.15) is 13.8 Å². The molecule has 0 saturated carbocycles. The number of thiophene rings is 1. The normalized spacial score (nSPS) is 15.4. The van der Waals surface area contributed by atoms with E-state index < -0.39 is 5.54 Å². The number of hydrogen-bond acceptors (Lipinski definition) is 6. The van der Waals surface area contributed by atoms with Crippen LogP contribution in [0.5, 0.6) is 0 Å². The zero-order chi connectivity index (χ0) is 21.3. The Morgan fingerprint density at radius 2 is 1.97 bits per heavy atom. The molecule has 1 saturated heterocycles. The molecule has 1 fully saturated rings. The van der Waals surface area contributed by atoms with Crippen molar-refractivity contribution in [2.24, 2.45) is 0 Å². The minimum absolute atomic E-state index is 0.289. The second-order valence-corrected chi connectivity index (χ2v) is 9.05. The number of benzene rings is 1. The average Bonchev–Trinajstić information content (AvgIpc) is 3.21. The number of aromatic nitrogens is 2. The van der Waals surface area contributed by atoms with Gasteiger partial charge in [-0.25, -0.2) is 14.8 Å². The van der Waals surface area contributed by atoms with Gasteiger partial charge in [-0.15, -0.1) is 11.3 Å². The van der Waals surface area contributed by atoms with Gasteiger partial charge in [-0.3, -0.25) is 10.1 Å². The van der Waals surface area contributed by atoms with Gasteiger partial charge in [0.2, 0.25) is 5.95 Å². The third-order valence-corrected chi connectivity index (χ3v) is 6.94. The van der Waals surface area contributed by atoms with Crippen LogP contribution in [0.25, 0.3) is 21.7 Å². The lowest BCUT2D eigenvalue weighted by atomic mass is 10.0. The molecule has 0 radical (unpaired) electrons. The van der Waals surface area contributed by atoms with Gasteiger partial charge >= 0.3 is 6.03 Å². The Bertz CT molecular complexity index is 1100. The standard InChI is InChI=1S/C21H20BrN5O2S/c1-21(2)18(28)26-20(29)27(21)11-10-24-19-23-9-8-15(25-19)17-16(14(22)12-30-17)13-6-4-3-5-7-13/h3-9,12H,10-11H2,1-2H3,(H,23,24,25)(H,26,28,29). The maximum absolute atomic E-state index is 12.0. The molecule has 1 aliphatic rings. The van der Waals surface area contributed by atoms with Crippen LogP contribution in [0.4, 0.5) is 10.7 Å². The molecule has 3 heterocycles. The first-order valence-electron chi connectivity index (χ1n) is 9.40. The molecule has 0 bridgehead atoms. The number of halogens is 1. The highest BCUT2D eigenvalue weighted by molar-refractivity contribution is 9.10. The Hall–Kier alpha value is -2.78. The number of carbonyl (C=O) groups is 2. The summed E-state index contributed by atoms with van der Waals surface area (Å²) in [6, 6.07) is 11.7. The Kier molecular flexibility index (Phi) is 5.57. The molecule has 30 heavy (non-hydrogen) atoms. The van der Waals surface area contributed by atoms with E-state index in [9.17, 15) is 9.59 Å². The third-order valence-electron chi connectivity index (χ3n) is 5.01. The minimum Gasteiger partial charge on any atom is -0.352 e. The van der Waals surface area contributed by atoms with E-state index in [2.05, 4.69) is 54.0 Å². The molecule has 3 aromatic rings. The Morgan fingerprint density at radius 3 is 2.67 bits per heavy atom. The number of imide groups is 1. The van der Waals surface area contributed by atoms with Crippen molar-refractivity contribution in [1.82, 2.24) is 20.2 Å². The van der Waals surface area contributed by atoms with Crippen molar-refractivity contribution in [3.63, 3.8) is 0 Å². The fourth-order valence-electron chi connectivity index (χ4n) is 3.32. The predicted molar refractivity (Wildman–Crippen MR) is 121 cm³/mol. The summed E-state index contributed by atoms with van der Waals surface area (Å²) in [5, 5.41) is 7.56. The van der Waals surface area contributed by atoms with Gasteiger partial charge in [0.15, 0.2) is 0 Å². The van der Waals surface area contributed by atoms with Crippen LogP contribution in [0.3, 0.4) is 0 Å². The second kappa shape index (κ2) is 8.16. The number of anilines is 1. The van der Waals surface area contributed by atoms with E-state index in [0.717, 1.165) is 26.2 Å². The van der Waals surface area contributed by atoms with E-state index in [1.165, 1.54) is 4.90 Å². The van der Waals surface area contributed by atoms with E-state index in [0.29, 0.717) is 19.0 Å². The lowest BCUT2D eigenvalue weighted by Gasteiger charge is -2.27. The van der Waals surface area contributed by atoms with Crippen molar-refractivity contribution in [3.8, 4) is 21.7 Å². The van der Waals surface area contributed by atoms with Gasteiger partial charge in [0.05, 0.1) is 10.6 Å². The minimum atomic E-state index is -0.866. The Labute approximate surface area is 186 Å². The van der Waals surface area contributed by atoms with Gasteiger partial charge in [-0.1, -0.05) is 30.3 Å². The molecule has 4 rings (SSSR count). The first-order valence-corrected chi connectivity index (χ1v) is 11.1. The highest BCUT2D eigenvalue weighted by Gasteiger charge is 2.45. The molecular weight excluding hydrogens is 466 g/mol.